The average molecular weight is 335 g/mol. The normalized spacial score (nSPS) is 14.8. The fourth-order valence-electron chi connectivity index (χ4n) is 2.77. The number of rotatable bonds is 5. The maximum Gasteiger partial charge on any atom is 0.315 e. The maximum atomic E-state index is 11.9. The van der Waals surface area contributed by atoms with Crippen LogP contribution in [-0.2, 0) is 13.1 Å². The van der Waals surface area contributed by atoms with Crippen molar-refractivity contribution in [3.8, 4) is 0 Å². The van der Waals surface area contributed by atoms with Gasteiger partial charge in [0.1, 0.15) is 0 Å². The van der Waals surface area contributed by atoms with Crippen molar-refractivity contribution >= 4 is 17.6 Å². The number of nitrogens with one attached hydrogen (secondary N) is 2. The topological polar surface area (TPSA) is 84.7 Å². The number of carbonyl (C=O) groups is 1. The maximum absolute atomic E-state index is 11.9. The van der Waals surface area contributed by atoms with E-state index in [0.717, 1.165) is 18.4 Å². The predicted molar refractivity (Wildman–Crippen MR) is 85.8 cm³/mol. The quantitative estimate of drug-likeness (QED) is 0.879. The van der Waals surface area contributed by atoms with E-state index in [0.29, 0.717) is 30.0 Å². The summed E-state index contributed by atoms with van der Waals surface area (Å²) in [5.74, 6) is 0.693. The molecule has 0 atom stereocenters. The summed E-state index contributed by atoms with van der Waals surface area (Å²) < 4.78 is 1.84. The van der Waals surface area contributed by atoms with Gasteiger partial charge in [-0.3, -0.25) is 0 Å². The summed E-state index contributed by atoms with van der Waals surface area (Å²) in [4.78, 5) is 11.9. The van der Waals surface area contributed by atoms with Gasteiger partial charge in [0.05, 0.1) is 12.6 Å². The first-order chi connectivity index (χ1) is 11.2. The Morgan fingerprint density at radius 2 is 1.87 bits per heavy atom. The lowest BCUT2D eigenvalue weighted by Crippen LogP contribution is -2.35. The molecule has 1 aromatic heterocycles. The van der Waals surface area contributed by atoms with Crippen molar-refractivity contribution in [3.63, 3.8) is 0 Å². The molecule has 0 saturated heterocycles. The Hall–Kier alpha value is -2.15. The largest absolute Gasteiger partial charge is 0.334 e. The van der Waals surface area contributed by atoms with Crippen molar-refractivity contribution in [2.45, 2.75) is 44.8 Å². The van der Waals surface area contributed by atoms with Gasteiger partial charge in [0.2, 0.25) is 0 Å². The van der Waals surface area contributed by atoms with Gasteiger partial charge in [-0.2, -0.15) is 0 Å². The molecule has 0 spiro atoms. The summed E-state index contributed by atoms with van der Waals surface area (Å²) >= 11 is 5.83. The molecule has 0 unspecified atom stereocenters. The lowest BCUT2D eigenvalue weighted by atomic mass is 10.2. The Kier molecular flexibility index (Phi) is 5.07. The zero-order chi connectivity index (χ0) is 16.1. The molecule has 2 amide bonds. The van der Waals surface area contributed by atoms with Crippen molar-refractivity contribution in [3.05, 3.63) is 40.7 Å². The number of tetrazole rings is 1. The van der Waals surface area contributed by atoms with Gasteiger partial charge in [-0.25, -0.2) is 9.48 Å². The summed E-state index contributed by atoms with van der Waals surface area (Å²) in [6, 6.07) is 7.46. The van der Waals surface area contributed by atoms with Gasteiger partial charge in [-0.05, 0) is 41.0 Å². The second-order valence-corrected chi connectivity index (χ2v) is 6.08. The highest BCUT2D eigenvalue weighted by Crippen LogP contribution is 2.28. The van der Waals surface area contributed by atoms with E-state index in [4.69, 9.17) is 11.6 Å². The number of carbonyl (C=O) groups excluding carboxylic acids is 1. The SMILES string of the molecule is O=C(NCc1ccc(Cl)cc1)NCc1nnnn1C1CCCC1. The van der Waals surface area contributed by atoms with E-state index in [1.165, 1.54) is 12.8 Å². The van der Waals surface area contributed by atoms with Crippen LogP contribution in [-0.4, -0.2) is 26.2 Å². The Labute approximate surface area is 139 Å². The van der Waals surface area contributed by atoms with Gasteiger partial charge in [-0.15, -0.1) is 5.10 Å². The second kappa shape index (κ2) is 7.41. The zero-order valence-corrected chi connectivity index (χ0v) is 13.5. The van der Waals surface area contributed by atoms with Crippen LogP contribution in [0.5, 0.6) is 0 Å². The van der Waals surface area contributed by atoms with Crippen LogP contribution in [0.15, 0.2) is 24.3 Å². The van der Waals surface area contributed by atoms with Gasteiger partial charge in [0.15, 0.2) is 5.82 Å². The standard InChI is InChI=1S/C15H19ClN6O/c16-12-7-5-11(6-8-12)9-17-15(23)18-10-14-19-20-21-22(14)13-3-1-2-4-13/h5-8,13H,1-4,9-10H2,(H2,17,18,23). The van der Waals surface area contributed by atoms with Gasteiger partial charge in [0, 0.05) is 11.6 Å². The lowest BCUT2D eigenvalue weighted by Gasteiger charge is -2.12. The molecule has 1 heterocycles. The second-order valence-electron chi connectivity index (χ2n) is 5.64. The third-order valence-electron chi connectivity index (χ3n) is 4.00. The first-order valence-corrected chi connectivity index (χ1v) is 8.13. The van der Waals surface area contributed by atoms with Crippen LogP contribution >= 0.6 is 11.6 Å². The summed E-state index contributed by atoms with van der Waals surface area (Å²) in [7, 11) is 0. The summed E-state index contributed by atoms with van der Waals surface area (Å²) in [6.45, 7) is 0.756. The van der Waals surface area contributed by atoms with Crippen LogP contribution in [0.4, 0.5) is 4.79 Å². The Morgan fingerprint density at radius 1 is 1.17 bits per heavy atom. The molecule has 7 nitrogen and oxygen atoms in total. The van der Waals surface area contributed by atoms with Crippen molar-refractivity contribution in [2.75, 3.05) is 0 Å². The molecule has 1 fully saturated rings. The molecule has 1 saturated carbocycles. The first kappa shape index (κ1) is 15.7. The van der Waals surface area contributed by atoms with Gasteiger partial charge in [-0.1, -0.05) is 36.6 Å². The molecule has 23 heavy (non-hydrogen) atoms. The van der Waals surface area contributed by atoms with Gasteiger partial charge < -0.3 is 10.6 Å². The van der Waals surface area contributed by atoms with Crippen molar-refractivity contribution in [1.29, 1.82) is 0 Å². The third kappa shape index (κ3) is 4.19. The highest BCUT2D eigenvalue weighted by molar-refractivity contribution is 6.30. The lowest BCUT2D eigenvalue weighted by molar-refractivity contribution is 0.239. The number of hydrogen-bond donors (Lipinski definition) is 2. The van der Waals surface area contributed by atoms with E-state index < -0.39 is 0 Å². The molecule has 2 aromatic rings. The molecule has 8 heteroatoms. The van der Waals surface area contributed by atoms with Crippen molar-refractivity contribution in [1.82, 2.24) is 30.8 Å². The van der Waals surface area contributed by atoms with E-state index in [1.54, 1.807) is 12.1 Å². The molecule has 3 rings (SSSR count). The molecule has 1 aliphatic carbocycles. The van der Waals surface area contributed by atoms with Crippen LogP contribution in [0.1, 0.15) is 43.1 Å². The number of urea groups is 1. The smallest absolute Gasteiger partial charge is 0.315 e. The van der Waals surface area contributed by atoms with Gasteiger partial charge in [0.25, 0.3) is 0 Å². The minimum atomic E-state index is -0.249. The number of amides is 2. The Bertz CT molecular complexity index is 650. The zero-order valence-electron chi connectivity index (χ0n) is 12.7. The summed E-state index contributed by atoms with van der Waals surface area (Å²) in [6.07, 6.45) is 4.61. The number of hydrogen-bond acceptors (Lipinski definition) is 4. The van der Waals surface area contributed by atoms with Crippen LogP contribution in [0.2, 0.25) is 5.02 Å². The Morgan fingerprint density at radius 3 is 2.61 bits per heavy atom. The van der Waals surface area contributed by atoms with Crippen LogP contribution in [0.25, 0.3) is 0 Å². The third-order valence-corrected chi connectivity index (χ3v) is 4.26. The molecule has 0 radical (unpaired) electrons. The highest BCUT2D eigenvalue weighted by atomic mass is 35.5. The first-order valence-electron chi connectivity index (χ1n) is 7.75. The van der Waals surface area contributed by atoms with Crippen LogP contribution in [0, 0.1) is 0 Å². The minimum Gasteiger partial charge on any atom is -0.334 e. The summed E-state index contributed by atoms with van der Waals surface area (Å²) in [5, 5.41) is 18.0. The molecule has 0 aliphatic heterocycles. The molecule has 2 N–H and O–H groups in total. The number of nitrogens with zero attached hydrogens (tertiary/aromatic N) is 4. The van der Waals surface area contributed by atoms with Crippen molar-refractivity contribution < 1.29 is 4.79 Å². The van der Waals surface area contributed by atoms with E-state index in [1.807, 2.05) is 16.8 Å². The molecule has 1 aliphatic rings. The average Bonchev–Trinajstić information content (AvgIpc) is 3.23. The van der Waals surface area contributed by atoms with E-state index in [2.05, 4.69) is 26.2 Å². The van der Waals surface area contributed by atoms with E-state index in [-0.39, 0.29) is 6.03 Å². The highest BCUT2D eigenvalue weighted by Gasteiger charge is 2.21. The molecule has 122 valence electrons. The van der Waals surface area contributed by atoms with Crippen molar-refractivity contribution in [2.24, 2.45) is 0 Å². The van der Waals surface area contributed by atoms with Crippen LogP contribution in [0.3, 0.4) is 0 Å². The van der Waals surface area contributed by atoms with E-state index in [9.17, 15) is 4.79 Å². The summed E-state index contributed by atoms with van der Waals surface area (Å²) in [5.41, 5.74) is 0.986. The molecule has 1 aromatic carbocycles. The number of aromatic nitrogens is 4. The fourth-order valence-corrected chi connectivity index (χ4v) is 2.89. The molecular formula is C15H19ClN6O. The van der Waals surface area contributed by atoms with Crippen LogP contribution < -0.4 is 10.6 Å². The predicted octanol–water partition coefficient (Wildman–Crippen LogP) is 2.44. The fraction of sp³-hybridized carbons (Fsp3) is 0.467. The monoisotopic (exact) mass is 334 g/mol. The van der Waals surface area contributed by atoms with Gasteiger partial charge >= 0.3 is 6.03 Å². The molecule has 0 bridgehead atoms. The minimum absolute atomic E-state index is 0.249. The van der Waals surface area contributed by atoms with E-state index >= 15 is 0 Å². The number of halogens is 1. The Balaban J connectivity index is 1.47. The number of benzene rings is 1. The molecular weight excluding hydrogens is 316 g/mol.